The average Bonchev–Trinajstić information content (AvgIpc) is 4.01. The van der Waals surface area contributed by atoms with Gasteiger partial charge < -0.3 is 4.57 Å². The Morgan fingerprint density at radius 2 is 0.987 bits per heavy atom. The van der Waals surface area contributed by atoms with Crippen LogP contribution in [0, 0.1) is 0 Å². The molecule has 0 saturated heterocycles. The standard InChI is InChI=1S/C73H52N4/c1-73(2)66-45-68-65(44-63(66)61-37-34-48-23-15-16-28-58(48)69(61)73)64-43-53(52-32-31-49-33-36-57(47-21-9-4-10-22-47)59-29-17-18-30-60(59)62(49)42-52)35-38-67(64)77(68)56-40-54(46-19-7-3-8-20-46)39-55(41-56)72-75-70(50-24-11-5-12-25-50)74-71(76-72)51-26-13-6-14-27-51/h3-32,34-35,37-45,57H,33,36H2,1-2H3. The monoisotopic (exact) mass is 984 g/mol. The molecular weight excluding hydrogens is 933 g/mol. The van der Waals surface area contributed by atoms with E-state index in [2.05, 4.69) is 231 Å². The molecule has 2 aromatic heterocycles. The number of aromatic nitrogens is 4. The van der Waals surface area contributed by atoms with E-state index >= 15 is 0 Å². The van der Waals surface area contributed by atoms with Crippen LogP contribution >= 0.6 is 0 Å². The van der Waals surface area contributed by atoms with Crippen LogP contribution in [-0.2, 0) is 11.8 Å². The Hall–Kier alpha value is -9.51. The molecule has 2 aliphatic rings. The number of rotatable bonds is 7. The van der Waals surface area contributed by atoms with Gasteiger partial charge in [0.1, 0.15) is 0 Å². The quantitative estimate of drug-likeness (QED) is 0.160. The minimum Gasteiger partial charge on any atom is -0.309 e. The SMILES string of the molecule is CC1(C)c2cc3c(cc2-c2ccc4ccccc4c21)c1cc(-c2ccc4c(c2)-c2ccccc2C(c2ccccc2)CC4)ccc1n3-c1cc(-c2ccccc2)cc(-c2nc(-c3ccccc3)nc(-c3ccccc3)n2)c1. The molecule has 0 aliphatic heterocycles. The van der Waals surface area contributed by atoms with Crippen molar-refractivity contribution in [2.24, 2.45) is 0 Å². The van der Waals surface area contributed by atoms with E-state index in [4.69, 9.17) is 15.0 Å². The molecule has 0 radical (unpaired) electrons. The van der Waals surface area contributed by atoms with E-state index in [9.17, 15) is 0 Å². The first-order valence-electron chi connectivity index (χ1n) is 26.9. The lowest BCUT2D eigenvalue weighted by atomic mass is 9.80. The zero-order valence-electron chi connectivity index (χ0n) is 43.0. The molecule has 0 saturated carbocycles. The van der Waals surface area contributed by atoms with Gasteiger partial charge >= 0.3 is 0 Å². The summed E-state index contributed by atoms with van der Waals surface area (Å²) in [5, 5.41) is 5.00. The van der Waals surface area contributed by atoms with E-state index in [1.54, 1.807) is 0 Å². The topological polar surface area (TPSA) is 43.6 Å². The Morgan fingerprint density at radius 1 is 0.390 bits per heavy atom. The Bertz CT molecular complexity index is 4400. The molecule has 4 heteroatoms. The normalized spacial score (nSPS) is 14.2. The first-order chi connectivity index (χ1) is 37.9. The number of fused-ring (bicyclic) bond motifs is 11. The van der Waals surface area contributed by atoms with Gasteiger partial charge in [0.25, 0.3) is 0 Å². The highest BCUT2D eigenvalue weighted by Gasteiger charge is 2.38. The van der Waals surface area contributed by atoms with Crippen LogP contribution in [0.25, 0.3) is 117 Å². The largest absolute Gasteiger partial charge is 0.309 e. The second-order valence-corrected chi connectivity index (χ2v) is 21.5. The van der Waals surface area contributed by atoms with Crippen molar-refractivity contribution in [2.45, 2.75) is 38.0 Å². The van der Waals surface area contributed by atoms with Gasteiger partial charge in [0.2, 0.25) is 0 Å². The van der Waals surface area contributed by atoms with Crippen molar-refractivity contribution in [3.05, 3.63) is 277 Å². The van der Waals surface area contributed by atoms with Crippen LogP contribution < -0.4 is 0 Å². The minimum absolute atomic E-state index is 0.257. The molecule has 1 unspecified atom stereocenters. The van der Waals surface area contributed by atoms with Crippen molar-refractivity contribution in [1.29, 1.82) is 0 Å². The van der Waals surface area contributed by atoms with Crippen molar-refractivity contribution < 1.29 is 0 Å². The van der Waals surface area contributed by atoms with E-state index < -0.39 is 0 Å². The number of hydrogen-bond acceptors (Lipinski definition) is 3. The van der Waals surface area contributed by atoms with Gasteiger partial charge in [-0.1, -0.05) is 214 Å². The Morgan fingerprint density at radius 3 is 1.73 bits per heavy atom. The maximum Gasteiger partial charge on any atom is 0.164 e. The summed E-state index contributed by atoms with van der Waals surface area (Å²) in [5.41, 5.74) is 22.6. The summed E-state index contributed by atoms with van der Waals surface area (Å²) < 4.78 is 2.50. The van der Waals surface area contributed by atoms with Gasteiger partial charge in [0, 0.05) is 44.5 Å². The predicted octanol–water partition coefficient (Wildman–Crippen LogP) is 18.5. The van der Waals surface area contributed by atoms with Crippen molar-refractivity contribution >= 4 is 32.6 Å². The van der Waals surface area contributed by atoms with Gasteiger partial charge in [0.05, 0.1) is 11.0 Å². The van der Waals surface area contributed by atoms with E-state index in [1.165, 1.54) is 82.7 Å². The second kappa shape index (κ2) is 17.8. The van der Waals surface area contributed by atoms with Gasteiger partial charge in [-0.25, -0.2) is 15.0 Å². The molecule has 0 amide bonds. The molecular formula is C73H52N4. The fourth-order valence-corrected chi connectivity index (χ4v) is 12.9. The zero-order chi connectivity index (χ0) is 51.2. The first-order valence-corrected chi connectivity index (χ1v) is 26.9. The van der Waals surface area contributed by atoms with E-state index in [-0.39, 0.29) is 5.41 Å². The minimum atomic E-state index is -0.257. The van der Waals surface area contributed by atoms with Crippen LogP contribution in [-0.4, -0.2) is 19.5 Å². The highest BCUT2D eigenvalue weighted by molar-refractivity contribution is 6.13. The molecule has 13 aromatic rings. The molecule has 0 spiro atoms. The van der Waals surface area contributed by atoms with Crippen molar-refractivity contribution in [1.82, 2.24) is 19.5 Å². The third kappa shape index (κ3) is 7.46. The fourth-order valence-electron chi connectivity index (χ4n) is 12.9. The third-order valence-electron chi connectivity index (χ3n) is 16.6. The highest BCUT2D eigenvalue weighted by atomic mass is 15.0. The number of hydrogen-bond donors (Lipinski definition) is 0. The molecule has 11 aromatic carbocycles. The summed E-state index contributed by atoms with van der Waals surface area (Å²) in [6, 6.07) is 91.0. The summed E-state index contributed by atoms with van der Waals surface area (Å²) >= 11 is 0. The lowest BCUT2D eigenvalue weighted by molar-refractivity contribution is 0.667. The third-order valence-corrected chi connectivity index (χ3v) is 16.6. The summed E-state index contributed by atoms with van der Waals surface area (Å²) in [6.07, 6.45) is 2.09. The molecule has 0 fully saturated rings. The molecule has 15 rings (SSSR count). The van der Waals surface area contributed by atoms with Crippen molar-refractivity contribution in [3.8, 4) is 84.4 Å². The molecule has 2 aliphatic carbocycles. The van der Waals surface area contributed by atoms with Crippen LogP contribution in [0.5, 0.6) is 0 Å². The van der Waals surface area contributed by atoms with E-state index in [0.717, 1.165) is 57.4 Å². The molecule has 0 N–H and O–H groups in total. The van der Waals surface area contributed by atoms with Gasteiger partial charge in [-0.15, -0.1) is 0 Å². The van der Waals surface area contributed by atoms with Crippen LogP contribution in [0.2, 0.25) is 0 Å². The maximum absolute atomic E-state index is 5.28. The van der Waals surface area contributed by atoms with Gasteiger partial charge in [0.15, 0.2) is 17.5 Å². The first kappa shape index (κ1) is 44.9. The zero-order valence-corrected chi connectivity index (χ0v) is 43.0. The average molecular weight is 985 g/mol. The van der Waals surface area contributed by atoms with E-state index in [0.29, 0.717) is 23.4 Å². The van der Waals surface area contributed by atoms with Crippen LogP contribution in [0.3, 0.4) is 0 Å². The van der Waals surface area contributed by atoms with Crippen molar-refractivity contribution in [2.75, 3.05) is 0 Å². The van der Waals surface area contributed by atoms with Gasteiger partial charge in [-0.3, -0.25) is 0 Å². The number of nitrogens with zero attached hydrogens (tertiary/aromatic N) is 4. The molecule has 2 heterocycles. The summed E-state index contributed by atoms with van der Waals surface area (Å²) in [6.45, 7) is 4.81. The smallest absolute Gasteiger partial charge is 0.164 e. The van der Waals surface area contributed by atoms with Crippen molar-refractivity contribution in [3.63, 3.8) is 0 Å². The van der Waals surface area contributed by atoms with Gasteiger partial charge in [-0.2, -0.15) is 0 Å². The van der Waals surface area contributed by atoms with Crippen LogP contribution in [0.1, 0.15) is 54.0 Å². The van der Waals surface area contributed by atoms with E-state index in [1.807, 2.05) is 36.4 Å². The molecule has 77 heavy (non-hydrogen) atoms. The molecule has 4 nitrogen and oxygen atoms in total. The van der Waals surface area contributed by atoms with Crippen LogP contribution in [0.4, 0.5) is 0 Å². The summed E-state index contributed by atoms with van der Waals surface area (Å²) in [5.74, 6) is 2.22. The fraction of sp³-hybridized carbons (Fsp3) is 0.0822. The maximum atomic E-state index is 5.28. The lowest BCUT2D eigenvalue weighted by Gasteiger charge is -2.23. The number of benzene rings is 11. The Kier molecular flexibility index (Phi) is 10.4. The lowest BCUT2D eigenvalue weighted by Crippen LogP contribution is -2.15. The van der Waals surface area contributed by atoms with Gasteiger partial charge in [-0.05, 0) is 144 Å². The molecule has 1 atom stereocenters. The summed E-state index contributed by atoms with van der Waals surface area (Å²) in [4.78, 5) is 15.6. The predicted molar refractivity (Wildman–Crippen MR) is 318 cm³/mol. The summed E-state index contributed by atoms with van der Waals surface area (Å²) in [7, 11) is 0. The molecule has 364 valence electrons. The highest BCUT2D eigenvalue weighted by Crippen LogP contribution is 2.54. The molecule has 0 bridgehead atoms. The van der Waals surface area contributed by atoms with Crippen LogP contribution in [0.15, 0.2) is 249 Å². The number of aryl methyl sites for hydroxylation is 1. The Labute approximate surface area is 448 Å². The second-order valence-electron chi connectivity index (χ2n) is 21.5. The Balaban J connectivity index is 0.970.